The molecule has 2 atom stereocenters. The second-order valence-corrected chi connectivity index (χ2v) is 3.67. The fraction of sp³-hybridized carbons (Fsp3) is 0.889. The number of hydrogen-bond donors (Lipinski definition) is 2. The van der Waals surface area contributed by atoms with Crippen molar-refractivity contribution in [1.29, 1.82) is 0 Å². The van der Waals surface area contributed by atoms with Crippen LogP contribution in [0.1, 0.15) is 19.8 Å². The van der Waals surface area contributed by atoms with Crippen molar-refractivity contribution in [1.82, 2.24) is 10.2 Å². The molecular formula is C9H18N2O2. The van der Waals surface area contributed by atoms with Crippen molar-refractivity contribution in [3.63, 3.8) is 0 Å². The summed E-state index contributed by atoms with van der Waals surface area (Å²) in [6, 6.07) is 0.307. The van der Waals surface area contributed by atoms with Gasteiger partial charge in [0.25, 0.3) is 0 Å². The maximum atomic E-state index is 11.1. The van der Waals surface area contributed by atoms with Crippen LogP contribution in [0, 0.1) is 0 Å². The van der Waals surface area contributed by atoms with Gasteiger partial charge in [0.2, 0.25) is 5.91 Å². The molecule has 1 amide bonds. The van der Waals surface area contributed by atoms with Crippen molar-refractivity contribution in [3.8, 4) is 0 Å². The topological polar surface area (TPSA) is 52.6 Å². The second kappa shape index (κ2) is 4.58. The Morgan fingerprint density at radius 2 is 2.38 bits per heavy atom. The van der Waals surface area contributed by atoms with Crippen molar-refractivity contribution >= 4 is 5.91 Å². The minimum atomic E-state index is -0.184. The number of rotatable bonds is 2. The lowest BCUT2D eigenvalue weighted by atomic mass is 10.0. The van der Waals surface area contributed by atoms with Crippen molar-refractivity contribution in [2.75, 3.05) is 20.1 Å². The predicted octanol–water partition coefficient (Wildman–Crippen LogP) is -0.422. The summed E-state index contributed by atoms with van der Waals surface area (Å²) >= 11 is 0. The summed E-state index contributed by atoms with van der Waals surface area (Å²) in [7, 11) is 1.64. The molecular weight excluding hydrogens is 168 g/mol. The van der Waals surface area contributed by atoms with Crippen LogP contribution >= 0.6 is 0 Å². The molecule has 13 heavy (non-hydrogen) atoms. The van der Waals surface area contributed by atoms with Crippen LogP contribution in [0.25, 0.3) is 0 Å². The molecule has 1 rings (SSSR count). The fourth-order valence-electron chi connectivity index (χ4n) is 1.69. The lowest BCUT2D eigenvalue weighted by Crippen LogP contribution is -2.46. The van der Waals surface area contributed by atoms with Crippen LogP contribution in [0.15, 0.2) is 0 Å². The Kier molecular flexibility index (Phi) is 3.69. The predicted molar refractivity (Wildman–Crippen MR) is 50.3 cm³/mol. The molecule has 2 unspecified atom stereocenters. The molecule has 0 aromatic heterocycles. The smallest absolute Gasteiger partial charge is 0.233 e. The van der Waals surface area contributed by atoms with Crippen LogP contribution in [0.4, 0.5) is 0 Å². The van der Waals surface area contributed by atoms with Crippen molar-refractivity contribution in [2.45, 2.75) is 31.9 Å². The minimum Gasteiger partial charge on any atom is -0.393 e. The number of hydrogen-bond acceptors (Lipinski definition) is 3. The molecule has 0 radical (unpaired) electrons. The summed E-state index contributed by atoms with van der Waals surface area (Å²) in [6.07, 6.45) is 1.37. The molecule has 4 nitrogen and oxygen atoms in total. The van der Waals surface area contributed by atoms with E-state index in [4.69, 9.17) is 0 Å². The molecule has 0 aromatic rings. The maximum absolute atomic E-state index is 11.1. The number of nitrogens with one attached hydrogen (secondary N) is 1. The number of nitrogens with zero attached hydrogens (tertiary/aromatic N) is 1. The van der Waals surface area contributed by atoms with Gasteiger partial charge in [0.15, 0.2) is 0 Å². The highest BCUT2D eigenvalue weighted by Crippen LogP contribution is 2.16. The molecule has 0 aliphatic carbocycles. The van der Waals surface area contributed by atoms with Gasteiger partial charge in [-0.2, -0.15) is 0 Å². The molecule has 1 fully saturated rings. The molecule has 0 spiro atoms. The fourth-order valence-corrected chi connectivity index (χ4v) is 1.69. The van der Waals surface area contributed by atoms with Gasteiger partial charge in [-0.1, -0.05) is 0 Å². The Labute approximate surface area is 78.9 Å². The number of piperidine rings is 1. The third-order valence-corrected chi connectivity index (χ3v) is 2.61. The van der Waals surface area contributed by atoms with E-state index in [2.05, 4.69) is 10.2 Å². The van der Waals surface area contributed by atoms with Crippen LogP contribution in [-0.2, 0) is 4.79 Å². The van der Waals surface area contributed by atoms with E-state index in [1.54, 1.807) is 7.05 Å². The van der Waals surface area contributed by atoms with Gasteiger partial charge in [-0.15, -0.1) is 0 Å². The van der Waals surface area contributed by atoms with E-state index in [-0.39, 0.29) is 12.0 Å². The average Bonchev–Trinajstić information content (AvgIpc) is 2.09. The van der Waals surface area contributed by atoms with Gasteiger partial charge in [-0.05, 0) is 19.8 Å². The number of carbonyl (C=O) groups excluding carboxylic acids is 1. The Morgan fingerprint density at radius 3 is 2.92 bits per heavy atom. The summed E-state index contributed by atoms with van der Waals surface area (Å²) in [6.45, 7) is 3.31. The summed E-state index contributed by atoms with van der Waals surface area (Å²) in [5.41, 5.74) is 0. The SMILES string of the molecule is CNC(=O)CN1CCC(O)CC1C. The van der Waals surface area contributed by atoms with E-state index in [1.165, 1.54) is 0 Å². The molecule has 1 aliphatic rings. The van der Waals surface area contributed by atoms with Crippen molar-refractivity contribution < 1.29 is 9.90 Å². The van der Waals surface area contributed by atoms with E-state index in [0.29, 0.717) is 12.6 Å². The van der Waals surface area contributed by atoms with Gasteiger partial charge in [0.05, 0.1) is 12.6 Å². The molecule has 76 valence electrons. The van der Waals surface area contributed by atoms with Crippen molar-refractivity contribution in [2.24, 2.45) is 0 Å². The first-order valence-corrected chi connectivity index (χ1v) is 4.76. The van der Waals surface area contributed by atoms with Gasteiger partial charge < -0.3 is 10.4 Å². The standard InChI is InChI=1S/C9H18N2O2/c1-7-5-8(12)3-4-11(7)6-9(13)10-2/h7-8,12H,3-6H2,1-2H3,(H,10,13). The minimum absolute atomic E-state index is 0.0447. The first-order chi connectivity index (χ1) is 6.13. The molecule has 0 bridgehead atoms. The normalized spacial score (nSPS) is 30.1. The zero-order valence-electron chi connectivity index (χ0n) is 8.29. The zero-order chi connectivity index (χ0) is 9.84. The molecule has 0 aromatic carbocycles. The molecule has 1 heterocycles. The highest BCUT2D eigenvalue weighted by molar-refractivity contribution is 5.77. The van der Waals surface area contributed by atoms with Gasteiger partial charge in [0.1, 0.15) is 0 Å². The van der Waals surface area contributed by atoms with Gasteiger partial charge in [0, 0.05) is 19.6 Å². The largest absolute Gasteiger partial charge is 0.393 e. The first-order valence-electron chi connectivity index (χ1n) is 4.76. The lowest BCUT2D eigenvalue weighted by Gasteiger charge is -2.35. The molecule has 1 saturated heterocycles. The molecule has 2 N–H and O–H groups in total. The second-order valence-electron chi connectivity index (χ2n) is 3.67. The Balaban J connectivity index is 2.38. The summed E-state index contributed by atoms with van der Waals surface area (Å²) in [5.74, 6) is 0.0447. The number of likely N-dealkylation sites (N-methyl/N-ethyl adjacent to an activating group) is 1. The summed E-state index contributed by atoms with van der Waals surface area (Å²) in [4.78, 5) is 13.2. The van der Waals surface area contributed by atoms with E-state index in [0.717, 1.165) is 19.4 Å². The Hall–Kier alpha value is -0.610. The maximum Gasteiger partial charge on any atom is 0.233 e. The highest BCUT2D eigenvalue weighted by Gasteiger charge is 2.24. The van der Waals surface area contributed by atoms with E-state index in [9.17, 15) is 9.90 Å². The molecule has 4 heteroatoms. The van der Waals surface area contributed by atoms with Crippen LogP contribution in [-0.4, -0.2) is 48.2 Å². The number of aliphatic hydroxyl groups excluding tert-OH is 1. The molecule has 1 aliphatic heterocycles. The third-order valence-electron chi connectivity index (χ3n) is 2.61. The molecule has 0 saturated carbocycles. The van der Waals surface area contributed by atoms with Crippen LogP contribution in [0.2, 0.25) is 0 Å². The van der Waals surface area contributed by atoms with Crippen LogP contribution in [0.3, 0.4) is 0 Å². The van der Waals surface area contributed by atoms with E-state index >= 15 is 0 Å². The third kappa shape index (κ3) is 2.97. The highest BCUT2D eigenvalue weighted by atomic mass is 16.3. The van der Waals surface area contributed by atoms with Crippen LogP contribution in [0.5, 0.6) is 0 Å². The van der Waals surface area contributed by atoms with Crippen molar-refractivity contribution in [3.05, 3.63) is 0 Å². The van der Waals surface area contributed by atoms with Gasteiger partial charge >= 0.3 is 0 Å². The number of aliphatic hydroxyl groups is 1. The Bertz CT molecular complexity index is 184. The summed E-state index contributed by atoms with van der Waals surface area (Å²) in [5, 5.41) is 12.0. The van der Waals surface area contributed by atoms with E-state index in [1.807, 2.05) is 6.92 Å². The number of carbonyl (C=O) groups is 1. The van der Waals surface area contributed by atoms with Crippen LogP contribution < -0.4 is 5.32 Å². The number of amides is 1. The van der Waals surface area contributed by atoms with Gasteiger partial charge in [-0.3, -0.25) is 9.69 Å². The first kappa shape index (κ1) is 10.5. The lowest BCUT2D eigenvalue weighted by molar-refractivity contribution is -0.123. The van der Waals surface area contributed by atoms with Gasteiger partial charge in [-0.25, -0.2) is 0 Å². The Morgan fingerprint density at radius 1 is 1.69 bits per heavy atom. The monoisotopic (exact) mass is 186 g/mol. The quantitative estimate of drug-likeness (QED) is 0.615. The average molecular weight is 186 g/mol. The summed E-state index contributed by atoms with van der Waals surface area (Å²) < 4.78 is 0. The number of likely N-dealkylation sites (tertiary alicyclic amines) is 1. The van der Waals surface area contributed by atoms with E-state index < -0.39 is 0 Å². The zero-order valence-corrected chi connectivity index (χ0v) is 8.29.